The topological polar surface area (TPSA) is 131 Å². The minimum Gasteiger partial charge on any atom is -0.393 e. The van der Waals surface area contributed by atoms with Gasteiger partial charge in [0, 0.05) is 24.1 Å². The van der Waals surface area contributed by atoms with E-state index in [1.165, 1.54) is 0 Å². The number of nitrogens with two attached hydrogens (primary N) is 1. The highest BCUT2D eigenvalue weighted by atomic mass is 35.5. The first-order valence-electron chi connectivity index (χ1n) is 12.2. The smallest absolute Gasteiger partial charge is 0.224 e. The Kier molecular flexibility index (Phi) is 6.94. The molecule has 2 saturated carbocycles. The van der Waals surface area contributed by atoms with Crippen molar-refractivity contribution in [3.05, 3.63) is 35.0 Å². The Morgan fingerprint density at radius 2 is 1.92 bits per heavy atom. The van der Waals surface area contributed by atoms with Crippen LogP contribution in [0.4, 0.5) is 26.4 Å². The quantitative estimate of drug-likeness (QED) is 0.379. The Bertz CT molecular complexity index is 1260. The summed E-state index contributed by atoms with van der Waals surface area (Å²) in [4.78, 5) is 25.4. The van der Waals surface area contributed by atoms with Gasteiger partial charge in [-0.25, -0.2) is 18.7 Å². The van der Waals surface area contributed by atoms with Gasteiger partial charge >= 0.3 is 0 Å². The van der Waals surface area contributed by atoms with Crippen molar-refractivity contribution in [3.8, 4) is 0 Å². The number of carbonyl (C=O) groups is 1. The predicted octanol–water partition coefficient (Wildman–Crippen LogP) is 4.43. The molecule has 192 valence electrons. The van der Waals surface area contributed by atoms with E-state index in [9.17, 15) is 18.7 Å². The second-order valence-corrected chi connectivity index (χ2v) is 10.1. The molecular formula is C24H28ClF2N7O2. The highest BCUT2D eigenvalue weighted by Gasteiger charge is 2.30. The number of amides is 1. The summed E-state index contributed by atoms with van der Waals surface area (Å²) in [7, 11) is 0. The van der Waals surface area contributed by atoms with Gasteiger partial charge in [-0.2, -0.15) is 4.98 Å². The number of anilines is 3. The third-order valence-electron chi connectivity index (χ3n) is 7.12. The van der Waals surface area contributed by atoms with Gasteiger partial charge in [0.25, 0.3) is 0 Å². The minimum atomic E-state index is -0.847. The fraction of sp³-hybridized carbons (Fsp3) is 0.500. The average Bonchev–Trinajstić information content (AvgIpc) is 3.18. The van der Waals surface area contributed by atoms with Crippen LogP contribution in [-0.4, -0.2) is 42.7 Å². The molecule has 0 bridgehead atoms. The lowest BCUT2D eigenvalue weighted by Crippen LogP contribution is -2.30. The van der Waals surface area contributed by atoms with Crippen LogP contribution in [0.25, 0.3) is 11.2 Å². The number of rotatable bonds is 6. The lowest BCUT2D eigenvalue weighted by Gasteiger charge is -2.29. The van der Waals surface area contributed by atoms with Crippen molar-refractivity contribution in [1.82, 2.24) is 19.5 Å². The summed E-state index contributed by atoms with van der Waals surface area (Å²) in [6, 6.07) is 1.74. The van der Waals surface area contributed by atoms with Crippen LogP contribution in [0.1, 0.15) is 57.4 Å². The number of nitrogens with zero attached hydrogens (tertiary/aromatic N) is 4. The van der Waals surface area contributed by atoms with Gasteiger partial charge in [0.1, 0.15) is 11.3 Å². The maximum Gasteiger partial charge on any atom is 0.224 e. The Balaban J connectivity index is 1.51. The van der Waals surface area contributed by atoms with Crippen molar-refractivity contribution >= 4 is 46.3 Å². The number of aliphatic hydroxyl groups excluding tert-OH is 1. The van der Waals surface area contributed by atoms with Gasteiger partial charge in [0.15, 0.2) is 11.5 Å². The van der Waals surface area contributed by atoms with E-state index < -0.39 is 11.6 Å². The van der Waals surface area contributed by atoms with Gasteiger partial charge in [0.05, 0.1) is 23.0 Å². The summed E-state index contributed by atoms with van der Waals surface area (Å²) in [5.74, 6) is -1.44. The number of primary amides is 1. The van der Waals surface area contributed by atoms with Crippen LogP contribution in [0.5, 0.6) is 0 Å². The van der Waals surface area contributed by atoms with Crippen LogP contribution in [0.15, 0.2) is 18.3 Å². The molecule has 5 rings (SSSR count). The number of benzene rings is 1. The molecule has 12 heteroatoms. The zero-order chi connectivity index (χ0) is 25.4. The number of hydrogen-bond acceptors (Lipinski definition) is 7. The van der Waals surface area contributed by atoms with Gasteiger partial charge < -0.3 is 21.5 Å². The first-order valence-corrected chi connectivity index (χ1v) is 12.6. The number of nitrogens with one attached hydrogen (secondary N) is 2. The Morgan fingerprint density at radius 3 is 2.61 bits per heavy atom. The number of carbonyl (C=O) groups excluding carboxylic acids is 1. The molecule has 0 unspecified atom stereocenters. The van der Waals surface area contributed by atoms with Gasteiger partial charge in [0.2, 0.25) is 17.8 Å². The minimum absolute atomic E-state index is 0.0540. The predicted molar refractivity (Wildman–Crippen MR) is 132 cm³/mol. The molecule has 0 radical (unpaired) electrons. The molecule has 1 amide bonds. The molecule has 0 saturated heterocycles. The summed E-state index contributed by atoms with van der Waals surface area (Å²) in [5, 5.41) is 16.1. The zero-order valence-electron chi connectivity index (χ0n) is 19.6. The van der Waals surface area contributed by atoms with Gasteiger partial charge in [-0.3, -0.25) is 9.36 Å². The lowest BCUT2D eigenvalue weighted by atomic mass is 9.85. The highest BCUT2D eigenvalue weighted by Crippen LogP contribution is 2.38. The van der Waals surface area contributed by atoms with E-state index in [4.69, 9.17) is 22.3 Å². The number of aliphatic hydroxyl groups is 1. The Hall–Kier alpha value is -3.05. The number of hydrogen-bond donors (Lipinski definition) is 4. The van der Waals surface area contributed by atoms with Crippen LogP contribution in [0.2, 0.25) is 5.02 Å². The van der Waals surface area contributed by atoms with Crippen LogP contribution in [0, 0.1) is 17.6 Å². The number of aromatic nitrogens is 4. The second-order valence-electron chi connectivity index (χ2n) is 9.65. The van der Waals surface area contributed by atoms with Crippen LogP contribution < -0.4 is 16.4 Å². The van der Waals surface area contributed by atoms with Crippen LogP contribution >= 0.6 is 11.6 Å². The van der Waals surface area contributed by atoms with E-state index >= 15 is 0 Å². The molecule has 2 atom stereocenters. The van der Waals surface area contributed by atoms with Gasteiger partial charge in [-0.05, 0) is 57.4 Å². The van der Waals surface area contributed by atoms with Crippen molar-refractivity contribution < 1.29 is 18.7 Å². The van der Waals surface area contributed by atoms with E-state index in [2.05, 4.69) is 20.6 Å². The summed E-state index contributed by atoms with van der Waals surface area (Å²) in [6.45, 7) is 0. The molecular weight excluding hydrogens is 492 g/mol. The number of imidazole rings is 1. The molecule has 0 aliphatic heterocycles. The number of halogens is 3. The van der Waals surface area contributed by atoms with Crippen molar-refractivity contribution in [1.29, 1.82) is 0 Å². The molecule has 2 heterocycles. The maximum absolute atomic E-state index is 14.6. The van der Waals surface area contributed by atoms with Crippen molar-refractivity contribution in [3.63, 3.8) is 0 Å². The Labute approximate surface area is 211 Å². The summed E-state index contributed by atoms with van der Waals surface area (Å²) in [6.07, 6.45) is 6.99. The molecule has 5 N–H and O–H groups in total. The lowest BCUT2D eigenvalue weighted by molar-refractivity contribution is -0.122. The molecule has 2 aromatic heterocycles. The third kappa shape index (κ3) is 5.08. The third-order valence-corrected chi connectivity index (χ3v) is 7.42. The molecule has 9 nitrogen and oxygen atoms in total. The molecule has 2 aliphatic carbocycles. The average molecular weight is 520 g/mol. The second kappa shape index (κ2) is 10.1. The molecule has 3 aromatic rings. The van der Waals surface area contributed by atoms with E-state index in [0.29, 0.717) is 55.2 Å². The molecule has 2 fully saturated rings. The molecule has 0 spiro atoms. The van der Waals surface area contributed by atoms with E-state index in [0.717, 1.165) is 31.4 Å². The SMILES string of the molecule is NC(=O)C1CCC(n2c(Nc3c(F)cc(F)cc3Cl)nc3cnc(N[C@@H]4CCC[C@H](O)C4)nc32)CC1. The zero-order valence-corrected chi connectivity index (χ0v) is 20.3. The molecule has 2 aliphatic rings. The summed E-state index contributed by atoms with van der Waals surface area (Å²) in [5.41, 5.74) is 6.44. The molecule has 36 heavy (non-hydrogen) atoms. The van der Waals surface area contributed by atoms with E-state index in [1.54, 1.807) is 6.20 Å². The maximum atomic E-state index is 14.6. The standard InChI is InChI=1S/C24H28ClF2N7O2/c25-17-8-13(26)9-18(27)20(17)32-24-31-19-11-29-23(30-14-2-1-3-16(35)10-14)33-22(19)34(24)15-6-4-12(5-7-15)21(28)36/h8-9,11-12,14-16,35H,1-7,10H2,(H2,28,36)(H,31,32)(H,29,30,33)/t12?,14-,15?,16+/m1/s1. The molecule has 1 aromatic carbocycles. The largest absolute Gasteiger partial charge is 0.393 e. The first-order chi connectivity index (χ1) is 17.3. The van der Waals surface area contributed by atoms with Crippen molar-refractivity contribution in [2.24, 2.45) is 11.7 Å². The van der Waals surface area contributed by atoms with Crippen molar-refractivity contribution in [2.45, 2.75) is 69.6 Å². The summed E-state index contributed by atoms with van der Waals surface area (Å²) >= 11 is 6.13. The Morgan fingerprint density at radius 1 is 1.14 bits per heavy atom. The monoisotopic (exact) mass is 519 g/mol. The number of fused-ring (bicyclic) bond motifs is 1. The fourth-order valence-corrected chi connectivity index (χ4v) is 5.51. The normalized spacial score (nSPS) is 24.6. The highest BCUT2D eigenvalue weighted by molar-refractivity contribution is 6.33. The van der Waals surface area contributed by atoms with Gasteiger partial charge in [-0.15, -0.1) is 0 Å². The van der Waals surface area contributed by atoms with E-state index in [1.807, 2.05) is 4.57 Å². The van der Waals surface area contributed by atoms with Crippen LogP contribution in [0.3, 0.4) is 0 Å². The summed E-state index contributed by atoms with van der Waals surface area (Å²) < 4.78 is 30.1. The van der Waals surface area contributed by atoms with E-state index in [-0.39, 0.29) is 40.7 Å². The van der Waals surface area contributed by atoms with Crippen molar-refractivity contribution in [2.75, 3.05) is 10.6 Å². The van der Waals surface area contributed by atoms with Crippen LogP contribution in [-0.2, 0) is 4.79 Å². The fourth-order valence-electron chi connectivity index (χ4n) is 5.26. The first kappa shape index (κ1) is 24.6. The van der Waals surface area contributed by atoms with Gasteiger partial charge in [-0.1, -0.05) is 11.6 Å².